The molecule has 0 radical (unpaired) electrons. The first-order valence-corrected chi connectivity index (χ1v) is 9.46. The molecule has 0 aliphatic heterocycles. The van der Waals surface area contributed by atoms with E-state index in [-0.39, 0.29) is 5.11 Å². The molecule has 2 heterocycles. The number of aryl methyl sites for hydroxylation is 1. The molecule has 0 amide bonds. The molecule has 140 valence electrons. The summed E-state index contributed by atoms with van der Waals surface area (Å²) in [6, 6.07) is 9.29. The number of thiophene rings is 1. The van der Waals surface area contributed by atoms with Crippen LogP contribution in [0.4, 0.5) is 10.9 Å². The van der Waals surface area contributed by atoms with E-state index in [9.17, 15) is 4.79 Å². The van der Waals surface area contributed by atoms with Gasteiger partial charge in [0.25, 0.3) is 0 Å². The van der Waals surface area contributed by atoms with Crippen molar-refractivity contribution < 1.29 is 9.53 Å². The van der Waals surface area contributed by atoms with Crippen LogP contribution in [0.2, 0.25) is 5.02 Å². The highest BCUT2D eigenvalue weighted by molar-refractivity contribution is 7.80. The molecule has 3 aromatic rings. The van der Waals surface area contributed by atoms with Gasteiger partial charge in [-0.15, -0.1) is 16.4 Å². The number of methoxy groups -OCH3 is 1. The van der Waals surface area contributed by atoms with Gasteiger partial charge in [-0.2, -0.15) is 0 Å². The summed E-state index contributed by atoms with van der Waals surface area (Å²) in [7, 11) is 1.34. The zero-order chi connectivity index (χ0) is 19.4. The van der Waals surface area contributed by atoms with Gasteiger partial charge in [-0.3, -0.25) is 5.32 Å². The Bertz CT molecular complexity index is 985. The molecule has 7 nitrogen and oxygen atoms in total. The second-order valence-corrected chi connectivity index (χ2v) is 7.60. The highest BCUT2D eigenvalue weighted by Crippen LogP contribution is 2.28. The Kier molecular flexibility index (Phi) is 6.04. The van der Waals surface area contributed by atoms with Crippen LogP contribution in [0.3, 0.4) is 0 Å². The minimum absolute atomic E-state index is 0.275. The van der Waals surface area contributed by atoms with Crippen molar-refractivity contribution >= 4 is 57.2 Å². The van der Waals surface area contributed by atoms with Crippen LogP contribution in [0.5, 0.6) is 0 Å². The van der Waals surface area contributed by atoms with Gasteiger partial charge in [0.05, 0.1) is 19.2 Å². The lowest BCUT2D eigenvalue weighted by Gasteiger charge is -2.07. The molecule has 10 heteroatoms. The number of carbonyl (C=O) groups excluding carboxylic acids is 1. The van der Waals surface area contributed by atoms with Gasteiger partial charge in [0, 0.05) is 9.90 Å². The average molecular weight is 422 g/mol. The first-order valence-electron chi connectivity index (χ1n) is 7.86. The molecule has 2 aromatic heterocycles. The number of benzene rings is 1. The summed E-state index contributed by atoms with van der Waals surface area (Å²) in [6.45, 7) is 2.39. The zero-order valence-corrected chi connectivity index (χ0v) is 16.9. The molecule has 3 rings (SSSR count). The van der Waals surface area contributed by atoms with E-state index in [1.165, 1.54) is 18.4 Å². The van der Waals surface area contributed by atoms with Gasteiger partial charge in [-0.1, -0.05) is 29.8 Å². The lowest BCUT2D eigenvalue weighted by molar-refractivity contribution is 0.0602. The Morgan fingerprint density at radius 1 is 1.37 bits per heavy atom. The quantitative estimate of drug-likeness (QED) is 0.477. The van der Waals surface area contributed by atoms with E-state index in [1.54, 1.807) is 17.1 Å². The average Bonchev–Trinajstić information content (AvgIpc) is 3.22. The van der Waals surface area contributed by atoms with E-state index in [2.05, 4.69) is 20.7 Å². The molecular formula is C17H16ClN5O2S2. The molecular weight excluding hydrogens is 406 g/mol. The van der Waals surface area contributed by atoms with Crippen LogP contribution in [0, 0.1) is 6.92 Å². The third kappa shape index (κ3) is 4.82. The van der Waals surface area contributed by atoms with Crippen LogP contribution in [-0.4, -0.2) is 33.0 Å². The van der Waals surface area contributed by atoms with Crippen molar-refractivity contribution in [2.75, 3.05) is 17.7 Å². The summed E-state index contributed by atoms with van der Waals surface area (Å²) in [4.78, 5) is 17.0. The molecule has 0 aliphatic carbocycles. The van der Waals surface area contributed by atoms with Crippen LogP contribution >= 0.6 is 35.2 Å². The van der Waals surface area contributed by atoms with Crippen molar-refractivity contribution in [2.24, 2.45) is 0 Å². The number of halogens is 1. The van der Waals surface area contributed by atoms with Crippen LogP contribution in [0.1, 0.15) is 20.8 Å². The maximum Gasteiger partial charge on any atom is 0.340 e. The van der Waals surface area contributed by atoms with Gasteiger partial charge < -0.3 is 10.1 Å². The Balaban J connectivity index is 1.65. The van der Waals surface area contributed by atoms with Crippen molar-refractivity contribution in [3.05, 3.63) is 57.7 Å². The van der Waals surface area contributed by atoms with Gasteiger partial charge in [0.2, 0.25) is 5.95 Å². The number of nitrogens with zero attached hydrogens (tertiary/aromatic N) is 3. The molecule has 27 heavy (non-hydrogen) atoms. The number of carbonyl (C=O) groups is 1. The molecule has 0 fully saturated rings. The van der Waals surface area contributed by atoms with E-state index in [4.69, 9.17) is 28.6 Å². The van der Waals surface area contributed by atoms with Gasteiger partial charge >= 0.3 is 5.97 Å². The minimum atomic E-state index is -0.424. The topological polar surface area (TPSA) is 81.1 Å². The number of thiocarbonyl (C=S) groups is 1. The summed E-state index contributed by atoms with van der Waals surface area (Å²) in [5.41, 5.74) is 1.37. The Morgan fingerprint density at radius 2 is 2.15 bits per heavy atom. The number of ether oxygens (including phenoxy) is 1. The fraction of sp³-hybridized carbons (Fsp3) is 0.176. The summed E-state index contributed by atoms with van der Waals surface area (Å²) in [6.07, 6.45) is 1.59. The van der Waals surface area contributed by atoms with Crippen molar-refractivity contribution in [1.29, 1.82) is 0 Å². The standard InChI is InChI=1S/C17H16ClN5O2S2/c1-10-7-12(15(24)25-2)14(27-10)20-17(26)21-16-19-9-23(22-16)8-11-5-3-4-6-13(11)18/h3-7,9H,8H2,1-2H3,(H2,20,21,22,26). The molecule has 1 aromatic carbocycles. The lowest BCUT2D eigenvalue weighted by Crippen LogP contribution is -2.20. The summed E-state index contributed by atoms with van der Waals surface area (Å²) in [5, 5.41) is 11.8. The molecule has 0 atom stereocenters. The van der Waals surface area contributed by atoms with Crippen LogP contribution < -0.4 is 10.6 Å². The van der Waals surface area contributed by atoms with Crippen LogP contribution in [0.15, 0.2) is 36.7 Å². The predicted octanol–water partition coefficient (Wildman–Crippen LogP) is 3.95. The third-order valence-corrected chi connectivity index (χ3v) is 5.08. The highest BCUT2D eigenvalue weighted by atomic mass is 35.5. The van der Waals surface area contributed by atoms with Crippen molar-refractivity contribution in [1.82, 2.24) is 14.8 Å². The molecule has 0 saturated heterocycles. The second kappa shape index (κ2) is 8.47. The third-order valence-electron chi connectivity index (χ3n) is 3.54. The van der Waals surface area contributed by atoms with Crippen molar-refractivity contribution in [2.45, 2.75) is 13.5 Å². The number of rotatable bonds is 5. The van der Waals surface area contributed by atoms with Crippen LogP contribution in [-0.2, 0) is 11.3 Å². The monoisotopic (exact) mass is 421 g/mol. The van der Waals surface area contributed by atoms with Gasteiger partial charge in [0.1, 0.15) is 11.3 Å². The number of anilines is 2. The number of nitrogens with one attached hydrogen (secondary N) is 2. The van der Waals surface area contributed by atoms with Gasteiger partial charge in [-0.05, 0) is 36.8 Å². The van der Waals surface area contributed by atoms with Gasteiger partial charge in [0.15, 0.2) is 5.11 Å². The minimum Gasteiger partial charge on any atom is -0.465 e. The van der Waals surface area contributed by atoms with Crippen molar-refractivity contribution in [3.8, 4) is 0 Å². The largest absolute Gasteiger partial charge is 0.465 e. The van der Waals surface area contributed by atoms with Crippen molar-refractivity contribution in [3.63, 3.8) is 0 Å². The number of hydrogen-bond acceptors (Lipinski definition) is 6. The number of aromatic nitrogens is 3. The summed E-state index contributed by atoms with van der Waals surface area (Å²) >= 11 is 12.9. The van der Waals surface area contributed by atoms with Gasteiger partial charge in [-0.25, -0.2) is 14.5 Å². The number of hydrogen-bond donors (Lipinski definition) is 2. The van der Waals surface area contributed by atoms with E-state index < -0.39 is 5.97 Å². The lowest BCUT2D eigenvalue weighted by atomic mass is 10.2. The fourth-order valence-electron chi connectivity index (χ4n) is 2.33. The first kappa shape index (κ1) is 19.3. The predicted molar refractivity (Wildman–Crippen MR) is 111 cm³/mol. The maximum absolute atomic E-state index is 11.8. The smallest absolute Gasteiger partial charge is 0.340 e. The fourth-order valence-corrected chi connectivity index (χ4v) is 3.69. The summed E-state index contributed by atoms with van der Waals surface area (Å²) < 4.78 is 6.44. The van der Waals surface area contributed by atoms with E-state index >= 15 is 0 Å². The Hall–Kier alpha value is -2.49. The molecule has 0 bridgehead atoms. The Labute approximate surface area is 170 Å². The van der Waals surface area contributed by atoms with E-state index in [0.717, 1.165) is 10.4 Å². The molecule has 0 spiro atoms. The molecule has 0 unspecified atom stereocenters. The Morgan fingerprint density at radius 3 is 2.89 bits per heavy atom. The normalized spacial score (nSPS) is 10.5. The van der Waals surface area contributed by atoms with E-state index in [1.807, 2.05) is 31.2 Å². The maximum atomic E-state index is 11.8. The summed E-state index contributed by atoms with van der Waals surface area (Å²) in [5.74, 6) is -0.0840. The zero-order valence-electron chi connectivity index (χ0n) is 14.5. The van der Waals surface area contributed by atoms with Crippen LogP contribution in [0.25, 0.3) is 0 Å². The first-order chi connectivity index (χ1) is 13.0. The second-order valence-electron chi connectivity index (χ2n) is 5.53. The van der Waals surface area contributed by atoms with E-state index in [0.29, 0.717) is 28.1 Å². The molecule has 0 saturated carbocycles. The highest BCUT2D eigenvalue weighted by Gasteiger charge is 2.16. The molecule has 0 aliphatic rings. The molecule has 2 N–H and O–H groups in total. The number of esters is 1. The SMILES string of the molecule is COC(=O)c1cc(C)sc1NC(=S)Nc1ncn(Cc2ccccc2Cl)n1.